The number of aliphatic carboxylic acids is 4. The van der Waals surface area contributed by atoms with Crippen molar-refractivity contribution in [3.8, 4) is 0 Å². The molecule has 0 rings (SSSR count). The van der Waals surface area contributed by atoms with Gasteiger partial charge in [-0.05, 0) is 13.3 Å². The second-order valence-corrected chi connectivity index (χ2v) is 3.87. The zero-order chi connectivity index (χ0) is 16.5. The van der Waals surface area contributed by atoms with Gasteiger partial charge in [0.1, 0.15) is 12.1 Å². The molecular formula is C10H18N2O8. The minimum absolute atomic E-state index is 0.0231. The second kappa shape index (κ2) is 9.69. The van der Waals surface area contributed by atoms with E-state index in [9.17, 15) is 19.2 Å². The lowest BCUT2D eigenvalue weighted by atomic mass is 10.0. The third-order valence-corrected chi connectivity index (χ3v) is 2.20. The predicted molar refractivity (Wildman–Crippen MR) is 64.9 cm³/mol. The van der Waals surface area contributed by atoms with Gasteiger partial charge < -0.3 is 31.9 Å². The molecule has 0 spiro atoms. The van der Waals surface area contributed by atoms with Crippen molar-refractivity contribution in [3.05, 3.63) is 0 Å². The molecule has 0 aliphatic rings. The molecule has 10 heteroatoms. The van der Waals surface area contributed by atoms with E-state index in [1.807, 2.05) is 0 Å². The number of carbonyl (C=O) groups is 4. The summed E-state index contributed by atoms with van der Waals surface area (Å²) in [4.78, 5) is 40.0. The van der Waals surface area contributed by atoms with Crippen LogP contribution in [-0.4, -0.2) is 56.4 Å². The predicted octanol–water partition coefficient (Wildman–Crippen LogP) is -1.62. The lowest BCUT2D eigenvalue weighted by Gasteiger charge is -2.09. The van der Waals surface area contributed by atoms with Crippen LogP contribution in [0, 0.1) is 5.92 Å². The van der Waals surface area contributed by atoms with Gasteiger partial charge in [0.2, 0.25) is 0 Å². The molecule has 0 saturated carbocycles. The zero-order valence-corrected chi connectivity index (χ0v) is 10.7. The summed E-state index contributed by atoms with van der Waals surface area (Å²) in [6.07, 6.45) is -0.224. The van der Waals surface area contributed by atoms with Crippen LogP contribution in [0.15, 0.2) is 0 Å². The minimum Gasteiger partial charge on any atom is -0.481 e. The molecule has 0 aromatic rings. The van der Waals surface area contributed by atoms with Crippen molar-refractivity contribution >= 4 is 23.9 Å². The number of carboxylic acids is 4. The first-order chi connectivity index (χ1) is 9.00. The van der Waals surface area contributed by atoms with Crippen molar-refractivity contribution in [3.63, 3.8) is 0 Å². The molecule has 1 unspecified atom stereocenters. The first-order valence-corrected chi connectivity index (χ1v) is 5.42. The number of hydrogen-bond acceptors (Lipinski definition) is 6. The summed E-state index contributed by atoms with van der Waals surface area (Å²) in [6.45, 7) is 1.25. The standard InChI is InChI=1S/2C5H9NO4/c1-2(4(7)8)3(6)5(9)10;6-3(5(9)10)1-2-4(7)8/h2-3H,6H2,1H3,(H,7,8)(H,9,10);3H,1-2,6H2,(H,7,8)(H,9,10)/t2?,3-;3-/m00/s1. The molecular weight excluding hydrogens is 276 g/mol. The van der Waals surface area contributed by atoms with Crippen LogP contribution in [0.25, 0.3) is 0 Å². The van der Waals surface area contributed by atoms with Crippen molar-refractivity contribution in [2.75, 3.05) is 0 Å². The lowest BCUT2D eigenvalue weighted by Crippen LogP contribution is -2.40. The van der Waals surface area contributed by atoms with Crippen LogP contribution in [0.4, 0.5) is 0 Å². The summed E-state index contributed by atoms with van der Waals surface area (Å²) < 4.78 is 0. The first-order valence-electron chi connectivity index (χ1n) is 5.42. The Hall–Kier alpha value is -2.20. The van der Waals surface area contributed by atoms with Crippen LogP contribution in [0.1, 0.15) is 19.8 Å². The normalized spacial score (nSPS) is 14.2. The molecule has 0 heterocycles. The fraction of sp³-hybridized carbons (Fsp3) is 0.600. The van der Waals surface area contributed by atoms with Gasteiger partial charge in [-0.25, -0.2) is 0 Å². The van der Waals surface area contributed by atoms with Gasteiger partial charge in [-0.1, -0.05) is 0 Å². The van der Waals surface area contributed by atoms with E-state index < -0.39 is 41.9 Å². The van der Waals surface area contributed by atoms with Crippen LogP contribution in [0.2, 0.25) is 0 Å². The Morgan fingerprint density at radius 3 is 1.55 bits per heavy atom. The molecule has 0 aliphatic heterocycles. The number of nitrogens with two attached hydrogens (primary N) is 2. The zero-order valence-electron chi connectivity index (χ0n) is 10.7. The van der Waals surface area contributed by atoms with E-state index in [-0.39, 0.29) is 12.8 Å². The number of carboxylic acid groups (broad SMARTS) is 4. The fourth-order valence-electron chi connectivity index (χ4n) is 0.770. The van der Waals surface area contributed by atoms with E-state index in [2.05, 4.69) is 0 Å². The van der Waals surface area contributed by atoms with Gasteiger partial charge in [0, 0.05) is 6.42 Å². The minimum atomic E-state index is -1.32. The molecule has 8 N–H and O–H groups in total. The van der Waals surface area contributed by atoms with Gasteiger partial charge in [-0.3, -0.25) is 19.2 Å². The van der Waals surface area contributed by atoms with E-state index in [1.54, 1.807) is 0 Å². The van der Waals surface area contributed by atoms with Crippen LogP contribution in [-0.2, 0) is 19.2 Å². The average molecular weight is 294 g/mol. The topological polar surface area (TPSA) is 201 Å². The quantitative estimate of drug-likeness (QED) is 0.317. The van der Waals surface area contributed by atoms with Crippen molar-refractivity contribution < 1.29 is 39.6 Å². The molecule has 10 nitrogen and oxygen atoms in total. The Bertz CT molecular complexity index is 352. The number of rotatable bonds is 7. The van der Waals surface area contributed by atoms with E-state index in [4.69, 9.17) is 31.9 Å². The van der Waals surface area contributed by atoms with E-state index in [0.29, 0.717) is 0 Å². The van der Waals surface area contributed by atoms with E-state index in [0.717, 1.165) is 0 Å². The fourth-order valence-corrected chi connectivity index (χ4v) is 0.770. The van der Waals surface area contributed by atoms with Crippen LogP contribution >= 0.6 is 0 Å². The highest BCUT2D eigenvalue weighted by molar-refractivity contribution is 5.82. The highest BCUT2D eigenvalue weighted by Gasteiger charge is 2.25. The highest BCUT2D eigenvalue weighted by atomic mass is 16.4. The molecule has 0 radical (unpaired) electrons. The Morgan fingerprint density at radius 1 is 0.900 bits per heavy atom. The molecule has 116 valence electrons. The third kappa shape index (κ3) is 9.79. The van der Waals surface area contributed by atoms with E-state index >= 15 is 0 Å². The summed E-state index contributed by atoms with van der Waals surface area (Å²) in [5, 5.41) is 32.7. The molecule has 0 aliphatic carbocycles. The molecule has 0 aromatic heterocycles. The number of hydrogen-bond donors (Lipinski definition) is 6. The van der Waals surface area contributed by atoms with Crippen molar-refractivity contribution in [2.24, 2.45) is 17.4 Å². The molecule has 3 atom stereocenters. The summed E-state index contributed by atoms with van der Waals surface area (Å²) >= 11 is 0. The van der Waals surface area contributed by atoms with Crippen LogP contribution in [0.3, 0.4) is 0 Å². The maximum Gasteiger partial charge on any atom is 0.321 e. The molecule has 0 amide bonds. The van der Waals surface area contributed by atoms with Gasteiger partial charge in [-0.2, -0.15) is 0 Å². The first kappa shape index (κ1) is 20.1. The lowest BCUT2D eigenvalue weighted by molar-refractivity contribution is -0.149. The van der Waals surface area contributed by atoms with Gasteiger partial charge in [0.05, 0.1) is 5.92 Å². The molecule has 0 bridgehead atoms. The Kier molecular flexibility index (Phi) is 9.75. The average Bonchev–Trinajstić information content (AvgIpc) is 2.34. The Balaban J connectivity index is 0. The van der Waals surface area contributed by atoms with Gasteiger partial charge >= 0.3 is 23.9 Å². The maximum atomic E-state index is 10.1. The van der Waals surface area contributed by atoms with Gasteiger partial charge in [-0.15, -0.1) is 0 Å². The van der Waals surface area contributed by atoms with Gasteiger partial charge in [0.15, 0.2) is 0 Å². The largest absolute Gasteiger partial charge is 0.481 e. The van der Waals surface area contributed by atoms with Crippen molar-refractivity contribution in [1.82, 2.24) is 0 Å². The third-order valence-electron chi connectivity index (χ3n) is 2.20. The van der Waals surface area contributed by atoms with Crippen LogP contribution < -0.4 is 11.5 Å². The Morgan fingerprint density at radius 2 is 1.35 bits per heavy atom. The highest BCUT2D eigenvalue weighted by Crippen LogP contribution is 1.99. The van der Waals surface area contributed by atoms with Crippen LogP contribution in [0.5, 0.6) is 0 Å². The monoisotopic (exact) mass is 294 g/mol. The smallest absolute Gasteiger partial charge is 0.321 e. The second-order valence-electron chi connectivity index (χ2n) is 3.87. The molecule has 0 saturated heterocycles. The molecule has 0 fully saturated rings. The Labute approximate surface area is 114 Å². The van der Waals surface area contributed by atoms with E-state index in [1.165, 1.54) is 6.92 Å². The summed E-state index contributed by atoms with van der Waals surface area (Å²) in [5.74, 6) is -5.74. The molecule has 20 heavy (non-hydrogen) atoms. The SMILES string of the molecule is CC(C(=O)O)[C@H](N)C(=O)O.N[C@@H](CCC(=O)O)C(=O)O. The maximum absolute atomic E-state index is 10.1. The summed E-state index contributed by atoms with van der Waals surface area (Å²) in [5.41, 5.74) is 9.98. The van der Waals surface area contributed by atoms with Gasteiger partial charge in [0.25, 0.3) is 0 Å². The summed E-state index contributed by atoms with van der Waals surface area (Å²) in [7, 11) is 0. The van der Waals surface area contributed by atoms with Crippen molar-refractivity contribution in [1.29, 1.82) is 0 Å². The summed E-state index contributed by atoms with van der Waals surface area (Å²) in [6, 6.07) is -2.38. The molecule has 0 aromatic carbocycles. The van der Waals surface area contributed by atoms with Crippen molar-refractivity contribution in [2.45, 2.75) is 31.8 Å².